The lowest BCUT2D eigenvalue weighted by Gasteiger charge is -2.33. The molecule has 1 aliphatic heterocycles. The van der Waals surface area contributed by atoms with Gasteiger partial charge in [0, 0.05) is 27.8 Å². The number of hydrogen-bond acceptors (Lipinski definition) is 4. The Hall–Kier alpha value is -1.98. The molecule has 0 spiro atoms. The Morgan fingerprint density at radius 3 is 2.48 bits per heavy atom. The number of rotatable bonds is 5. The molecule has 3 rings (SSSR count). The molecule has 1 unspecified atom stereocenters. The largest absolute Gasteiger partial charge is 0.467 e. The van der Waals surface area contributed by atoms with Crippen molar-refractivity contribution in [3.8, 4) is 0 Å². The summed E-state index contributed by atoms with van der Waals surface area (Å²) in [7, 11) is 1.37. The highest BCUT2D eigenvalue weighted by Gasteiger charge is 2.33. The summed E-state index contributed by atoms with van der Waals surface area (Å²) in [4.78, 5) is 27.6. The molecule has 1 heterocycles. The lowest BCUT2D eigenvalue weighted by Crippen LogP contribution is -2.48. The van der Waals surface area contributed by atoms with E-state index in [9.17, 15) is 9.59 Å². The summed E-state index contributed by atoms with van der Waals surface area (Å²) in [6, 6.07) is 14.9. The number of nitrogens with zero attached hydrogens (tertiary/aromatic N) is 1. The lowest BCUT2D eigenvalue weighted by atomic mass is 10.0. The average Bonchev–Trinajstić information content (AvgIpc) is 2.72. The maximum Gasteiger partial charge on any atom is 0.328 e. The Balaban J connectivity index is 1.64. The highest BCUT2D eigenvalue weighted by molar-refractivity contribution is 7.98. The minimum atomic E-state index is -0.476. The Kier molecular flexibility index (Phi) is 6.80. The number of carbonyl (C=O) groups is 2. The predicted octanol–water partition coefficient (Wildman–Crippen LogP) is 4.80. The van der Waals surface area contributed by atoms with Crippen molar-refractivity contribution in [2.75, 3.05) is 13.7 Å². The van der Waals surface area contributed by atoms with E-state index in [2.05, 4.69) is 0 Å². The van der Waals surface area contributed by atoms with Crippen LogP contribution in [-0.4, -0.2) is 36.5 Å². The van der Waals surface area contributed by atoms with Crippen LogP contribution in [0.2, 0.25) is 5.02 Å². The van der Waals surface area contributed by atoms with E-state index in [1.165, 1.54) is 7.11 Å². The van der Waals surface area contributed by atoms with E-state index in [1.807, 2.05) is 48.5 Å². The summed E-state index contributed by atoms with van der Waals surface area (Å²) in [5.74, 6) is 0.367. The summed E-state index contributed by atoms with van der Waals surface area (Å²) < 4.78 is 4.86. The van der Waals surface area contributed by atoms with Gasteiger partial charge in [-0.25, -0.2) is 4.79 Å². The molecule has 142 valence electrons. The highest BCUT2D eigenvalue weighted by Crippen LogP contribution is 2.25. The number of benzene rings is 2. The Labute approximate surface area is 168 Å². The van der Waals surface area contributed by atoms with Crippen LogP contribution in [0.15, 0.2) is 53.4 Å². The zero-order chi connectivity index (χ0) is 19.2. The van der Waals surface area contributed by atoms with Crippen molar-refractivity contribution >= 4 is 35.2 Å². The van der Waals surface area contributed by atoms with Gasteiger partial charge in [-0.2, -0.15) is 0 Å². The molecule has 27 heavy (non-hydrogen) atoms. The van der Waals surface area contributed by atoms with Crippen molar-refractivity contribution in [1.29, 1.82) is 0 Å². The van der Waals surface area contributed by atoms with E-state index in [0.29, 0.717) is 18.5 Å². The smallest absolute Gasteiger partial charge is 0.328 e. The fraction of sp³-hybridized carbons (Fsp3) is 0.333. The minimum absolute atomic E-state index is 0.109. The Bertz CT molecular complexity index is 792. The fourth-order valence-corrected chi connectivity index (χ4v) is 4.14. The second-order valence-corrected chi connectivity index (χ2v) is 7.96. The standard InChI is InChI=1S/C21H22ClNO3S/c1-26-21(25)19-4-2-3-13-23(19)20(24)16-7-5-15(6-8-16)14-27-18-11-9-17(22)10-12-18/h5-12,19H,2-4,13-14H2,1H3. The predicted molar refractivity (Wildman–Crippen MR) is 108 cm³/mol. The van der Waals surface area contributed by atoms with Crippen LogP contribution in [0.25, 0.3) is 0 Å². The van der Waals surface area contributed by atoms with Crippen LogP contribution < -0.4 is 0 Å². The topological polar surface area (TPSA) is 46.6 Å². The third-order valence-corrected chi connectivity index (χ3v) is 5.99. The number of piperidine rings is 1. The number of halogens is 1. The first-order valence-corrected chi connectivity index (χ1v) is 10.3. The van der Waals surface area contributed by atoms with E-state index < -0.39 is 6.04 Å². The number of likely N-dealkylation sites (tertiary alicyclic amines) is 1. The van der Waals surface area contributed by atoms with Gasteiger partial charge in [-0.05, 0) is 61.2 Å². The van der Waals surface area contributed by atoms with Crippen LogP contribution in [0.5, 0.6) is 0 Å². The maximum atomic E-state index is 12.9. The van der Waals surface area contributed by atoms with Gasteiger partial charge in [0.05, 0.1) is 7.11 Å². The number of methoxy groups -OCH3 is 1. The van der Waals surface area contributed by atoms with Gasteiger partial charge in [-0.3, -0.25) is 4.79 Å². The summed E-state index contributed by atoms with van der Waals surface area (Å²) in [5, 5.41) is 0.727. The molecule has 1 aliphatic rings. The zero-order valence-corrected chi connectivity index (χ0v) is 16.8. The van der Waals surface area contributed by atoms with E-state index in [0.717, 1.165) is 34.1 Å². The van der Waals surface area contributed by atoms with Gasteiger partial charge < -0.3 is 9.64 Å². The van der Waals surface area contributed by atoms with Crippen LogP contribution in [0.4, 0.5) is 0 Å². The normalized spacial score (nSPS) is 16.8. The molecule has 6 heteroatoms. The lowest BCUT2D eigenvalue weighted by molar-refractivity contribution is -0.147. The van der Waals surface area contributed by atoms with Gasteiger partial charge in [-0.15, -0.1) is 11.8 Å². The van der Waals surface area contributed by atoms with Crippen molar-refractivity contribution in [2.24, 2.45) is 0 Å². The molecule has 4 nitrogen and oxygen atoms in total. The molecule has 0 bridgehead atoms. The molecule has 0 saturated carbocycles. The van der Waals surface area contributed by atoms with Crippen molar-refractivity contribution in [1.82, 2.24) is 4.90 Å². The third-order valence-electron chi connectivity index (χ3n) is 4.66. The van der Waals surface area contributed by atoms with Gasteiger partial charge in [0.15, 0.2) is 0 Å². The molecule has 1 amide bonds. The molecule has 1 saturated heterocycles. The van der Waals surface area contributed by atoms with Crippen molar-refractivity contribution in [3.05, 3.63) is 64.7 Å². The number of amides is 1. The molecule has 0 radical (unpaired) electrons. The number of hydrogen-bond donors (Lipinski definition) is 0. The number of carbonyl (C=O) groups excluding carboxylic acids is 2. The van der Waals surface area contributed by atoms with E-state index >= 15 is 0 Å². The summed E-state index contributed by atoms with van der Waals surface area (Å²) in [5.41, 5.74) is 1.74. The van der Waals surface area contributed by atoms with E-state index in [1.54, 1.807) is 16.7 Å². The Morgan fingerprint density at radius 1 is 1.11 bits per heavy atom. The molecule has 2 aromatic rings. The van der Waals surface area contributed by atoms with E-state index in [4.69, 9.17) is 16.3 Å². The second kappa shape index (κ2) is 9.29. The quantitative estimate of drug-likeness (QED) is 0.531. The first-order chi connectivity index (χ1) is 13.1. The third kappa shape index (κ3) is 5.05. The maximum absolute atomic E-state index is 12.9. The van der Waals surface area contributed by atoms with Crippen molar-refractivity contribution < 1.29 is 14.3 Å². The molecule has 0 aromatic heterocycles. The zero-order valence-electron chi connectivity index (χ0n) is 15.2. The highest BCUT2D eigenvalue weighted by atomic mass is 35.5. The van der Waals surface area contributed by atoms with E-state index in [-0.39, 0.29) is 11.9 Å². The van der Waals surface area contributed by atoms with Crippen LogP contribution in [-0.2, 0) is 15.3 Å². The average molecular weight is 404 g/mol. The minimum Gasteiger partial charge on any atom is -0.467 e. The summed E-state index contributed by atoms with van der Waals surface area (Å²) in [6.45, 7) is 0.590. The first-order valence-electron chi connectivity index (χ1n) is 8.94. The summed E-state index contributed by atoms with van der Waals surface area (Å²) in [6.07, 6.45) is 2.51. The molecular formula is C21H22ClNO3S. The van der Waals surface area contributed by atoms with Crippen LogP contribution in [0.1, 0.15) is 35.2 Å². The molecular weight excluding hydrogens is 382 g/mol. The van der Waals surface area contributed by atoms with Gasteiger partial charge >= 0.3 is 5.97 Å². The van der Waals surface area contributed by atoms with Crippen LogP contribution >= 0.6 is 23.4 Å². The second-order valence-electron chi connectivity index (χ2n) is 6.47. The SMILES string of the molecule is COC(=O)C1CCCCN1C(=O)c1ccc(CSc2ccc(Cl)cc2)cc1. The Morgan fingerprint density at radius 2 is 1.81 bits per heavy atom. The van der Waals surface area contributed by atoms with Gasteiger partial charge in [-0.1, -0.05) is 23.7 Å². The number of thioether (sulfide) groups is 1. The van der Waals surface area contributed by atoms with Crippen LogP contribution in [0.3, 0.4) is 0 Å². The molecule has 2 aromatic carbocycles. The molecule has 1 atom stereocenters. The van der Waals surface area contributed by atoms with Gasteiger partial charge in [0.25, 0.3) is 5.91 Å². The van der Waals surface area contributed by atoms with Gasteiger partial charge in [0.1, 0.15) is 6.04 Å². The summed E-state index contributed by atoms with van der Waals surface area (Å²) >= 11 is 7.62. The van der Waals surface area contributed by atoms with Crippen molar-refractivity contribution in [2.45, 2.75) is 36.0 Å². The molecule has 0 aliphatic carbocycles. The monoisotopic (exact) mass is 403 g/mol. The number of esters is 1. The first kappa shape index (κ1) is 19.8. The van der Waals surface area contributed by atoms with Crippen molar-refractivity contribution in [3.63, 3.8) is 0 Å². The molecule has 1 fully saturated rings. The molecule has 0 N–H and O–H groups in total. The van der Waals surface area contributed by atoms with Gasteiger partial charge in [0.2, 0.25) is 0 Å². The number of ether oxygens (including phenoxy) is 1. The van der Waals surface area contributed by atoms with Crippen LogP contribution in [0, 0.1) is 0 Å². The fourth-order valence-electron chi connectivity index (χ4n) is 3.16.